The molecule has 0 amide bonds. The van der Waals surface area contributed by atoms with Crippen LogP contribution in [0.15, 0.2) is 89.8 Å². The molecule has 1 heterocycles. The molecule has 4 aromatic rings. The van der Waals surface area contributed by atoms with Crippen LogP contribution in [-0.2, 0) is 0 Å². The molecule has 0 N–H and O–H groups in total. The predicted octanol–water partition coefficient (Wildman–Crippen LogP) is 7.12. The minimum Gasteiger partial charge on any atom is -0.342 e. The van der Waals surface area contributed by atoms with Gasteiger partial charge >= 0.3 is 0 Å². The summed E-state index contributed by atoms with van der Waals surface area (Å²) in [6, 6.07) is 24.4. The average molecular weight is 467 g/mol. The van der Waals surface area contributed by atoms with E-state index in [-0.39, 0.29) is 17.5 Å². The second-order valence-electron chi connectivity index (χ2n) is 8.95. The summed E-state index contributed by atoms with van der Waals surface area (Å²) in [5.41, 5.74) is 4.14. The van der Waals surface area contributed by atoms with Gasteiger partial charge in [0.1, 0.15) is 0 Å². The van der Waals surface area contributed by atoms with Crippen molar-refractivity contribution in [1.29, 1.82) is 0 Å². The topological polar surface area (TPSA) is 73.1 Å². The molecule has 0 atom stereocenters. The zero-order chi connectivity index (χ0) is 24.5. The third-order valence-corrected chi connectivity index (χ3v) is 6.34. The third-order valence-electron chi connectivity index (χ3n) is 6.34. The summed E-state index contributed by atoms with van der Waals surface area (Å²) in [7, 11) is 0. The van der Waals surface area contributed by atoms with E-state index in [2.05, 4.69) is 14.7 Å². The van der Waals surface area contributed by atoms with Crippen molar-refractivity contribution in [2.75, 3.05) is 0 Å². The lowest BCUT2D eigenvalue weighted by Crippen LogP contribution is -2.15. The van der Waals surface area contributed by atoms with E-state index in [0.717, 1.165) is 31.2 Å². The largest absolute Gasteiger partial charge is 0.342 e. The zero-order valence-electron chi connectivity index (χ0n) is 20.0. The molecule has 0 spiro atoms. The Kier molecular flexibility index (Phi) is 8.34. The highest BCUT2D eigenvalue weighted by molar-refractivity contribution is 6.10. The number of ketones is 2. The van der Waals surface area contributed by atoms with Crippen molar-refractivity contribution in [3.05, 3.63) is 108 Å². The minimum atomic E-state index is -0.0267. The number of aryl methyl sites for hydroxylation is 1. The van der Waals surface area contributed by atoms with Gasteiger partial charge in [0.15, 0.2) is 11.6 Å². The fraction of sp³-hybridized carbons (Fsp3) is 0.267. The molecule has 0 bridgehead atoms. The van der Waals surface area contributed by atoms with Gasteiger partial charge in [-0.15, -0.1) is 0 Å². The van der Waals surface area contributed by atoms with Gasteiger partial charge in [0.2, 0.25) is 12.2 Å². The molecule has 5 heteroatoms. The van der Waals surface area contributed by atoms with Crippen molar-refractivity contribution in [1.82, 2.24) is 10.1 Å². The van der Waals surface area contributed by atoms with E-state index in [1.54, 1.807) is 12.1 Å². The maximum atomic E-state index is 12.8. The lowest BCUT2D eigenvalue weighted by molar-refractivity contribution is 0.0908. The molecular formula is C30H30N2O3. The van der Waals surface area contributed by atoms with Crippen LogP contribution in [-0.4, -0.2) is 21.7 Å². The molecule has 5 rings (SSSR count). The molecule has 0 radical (unpaired) electrons. The first kappa shape index (κ1) is 24.3. The molecule has 3 aromatic carbocycles. The van der Waals surface area contributed by atoms with Gasteiger partial charge in [-0.05, 0) is 25.8 Å². The second-order valence-corrected chi connectivity index (χ2v) is 8.95. The van der Waals surface area contributed by atoms with Gasteiger partial charge in [-0.3, -0.25) is 9.59 Å². The number of carbonyl (C=O) groups excluding carboxylic acids is 2. The summed E-state index contributed by atoms with van der Waals surface area (Å²) < 4.78 is 4.64. The van der Waals surface area contributed by atoms with Gasteiger partial charge in [0.25, 0.3) is 0 Å². The summed E-state index contributed by atoms with van der Waals surface area (Å²) >= 11 is 0. The molecule has 1 aliphatic carbocycles. The van der Waals surface area contributed by atoms with Crippen molar-refractivity contribution in [3.8, 4) is 11.4 Å². The number of rotatable bonds is 5. The third kappa shape index (κ3) is 6.60. The Morgan fingerprint density at radius 2 is 1.43 bits per heavy atom. The van der Waals surface area contributed by atoms with Crippen LogP contribution >= 0.6 is 0 Å². The maximum absolute atomic E-state index is 12.8. The Balaban J connectivity index is 0.000000201. The molecule has 0 aliphatic heterocycles. The number of benzene rings is 3. The highest BCUT2D eigenvalue weighted by Gasteiger charge is 2.22. The number of Topliss-reactive ketones (excluding diaryl/α,β-unsaturated/α-hetero) is 1. The minimum absolute atomic E-state index is 0.0267. The smallest absolute Gasteiger partial charge is 0.214 e. The molecule has 5 nitrogen and oxygen atoms in total. The van der Waals surface area contributed by atoms with E-state index in [0.29, 0.717) is 22.5 Å². The fourth-order valence-corrected chi connectivity index (χ4v) is 4.35. The van der Waals surface area contributed by atoms with Crippen LogP contribution in [0.25, 0.3) is 11.4 Å². The quantitative estimate of drug-likeness (QED) is 0.231. The van der Waals surface area contributed by atoms with Crippen molar-refractivity contribution in [2.45, 2.75) is 45.4 Å². The van der Waals surface area contributed by atoms with E-state index >= 15 is 0 Å². The zero-order valence-corrected chi connectivity index (χ0v) is 20.0. The van der Waals surface area contributed by atoms with Gasteiger partial charge in [0, 0.05) is 28.2 Å². The first-order valence-electron chi connectivity index (χ1n) is 12.2. The van der Waals surface area contributed by atoms with E-state index in [4.69, 9.17) is 0 Å². The number of hydrogen-bond acceptors (Lipinski definition) is 5. The van der Waals surface area contributed by atoms with Crippen LogP contribution in [0.4, 0.5) is 0 Å². The summed E-state index contributed by atoms with van der Waals surface area (Å²) in [5, 5.41) is 3.73. The van der Waals surface area contributed by atoms with Crippen molar-refractivity contribution in [3.63, 3.8) is 0 Å². The lowest BCUT2D eigenvalue weighted by Gasteiger charge is -2.13. The molecule has 0 unspecified atom stereocenters. The summed E-state index contributed by atoms with van der Waals surface area (Å²) in [4.78, 5) is 29.2. The van der Waals surface area contributed by atoms with Crippen LogP contribution in [0.1, 0.15) is 70.4 Å². The molecule has 178 valence electrons. The van der Waals surface area contributed by atoms with Crippen molar-refractivity contribution >= 4 is 11.6 Å². The number of carbonyl (C=O) groups is 2. The summed E-state index contributed by atoms with van der Waals surface area (Å²) in [5.74, 6) is 0.935. The monoisotopic (exact) mass is 466 g/mol. The lowest BCUT2D eigenvalue weighted by atomic mass is 9.90. The van der Waals surface area contributed by atoms with Crippen LogP contribution < -0.4 is 0 Å². The van der Waals surface area contributed by atoms with Crippen LogP contribution in [0.2, 0.25) is 0 Å². The van der Waals surface area contributed by atoms with E-state index < -0.39 is 0 Å². The molecule has 1 saturated carbocycles. The van der Waals surface area contributed by atoms with Gasteiger partial charge in [-0.25, -0.2) is 0 Å². The van der Waals surface area contributed by atoms with Gasteiger partial charge in [0.05, 0.1) is 0 Å². The van der Waals surface area contributed by atoms with E-state index in [1.165, 1.54) is 24.8 Å². The molecular weight excluding hydrogens is 436 g/mol. The average Bonchev–Trinajstić information content (AvgIpc) is 3.31. The Labute approximate surface area is 206 Å². The van der Waals surface area contributed by atoms with Crippen LogP contribution in [0.5, 0.6) is 0 Å². The molecule has 35 heavy (non-hydrogen) atoms. The predicted molar refractivity (Wildman–Crippen MR) is 136 cm³/mol. The summed E-state index contributed by atoms with van der Waals surface area (Å²) in [6.45, 7) is 2.04. The number of nitrogens with zero attached hydrogens (tertiary/aromatic N) is 2. The highest BCUT2D eigenvalue weighted by atomic mass is 16.5. The molecule has 1 aliphatic rings. The van der Waals surface area contributed by atoms with Gasteiger partial charge in [-0.1, -0.05) is 109 Å². The molecule has 1 aromatic heterocycles. The first-order valence-corrected chi connectivity index (χ1v) is 12.2. The Hall–Kier alpha value is -3.86. The Bertz CT molecular complexity index is 1220. The Morgan fingerprint density at radius 1 is 0.771 bits per heavy atom. The SMILES string of the molecule is Cc1ccc(-c2ncon2)cc1.O=C(c1ccccc1)c1cccc(C(=O)C2CCCCCC2)c1. The standard InChI is InChI=1S/C21H22O2.C9H8N2O/c22-20(16-9-4-1-2-5-10-16)18-13-8-14-19(15-18)21(23)17-11-6-3-7-12-17;1-7-2-4-8(5-3-7)9-10-6-12-11-9/h3,6-8,11-16H,1-2,4-5,9-10H2;2-6H,1H3. The van der Waals surface area contributed by atoms with Crippen molar-refractivity contribution < 1.29 is 14.1 Å². The van der Waals surface area contributed by atoms with Gasteiger partial charge < -0.3 is 4.52 Å². The molecule has 0 saturated heterocycles. The van der Waals surface area contributed by atoms with E-state index in [1.807, 2.05) is 73.7 Å². The fourth-order valence-electron chi connectivity index (χ4n) is 4.35. The van der Waals surface area contributed by atoms with E-state index in [9.17, 15) is 9.59 Å². The Morgan fingerprint density at radius 3 is 2.09 bits per heavy atom. The van der Waals surface area contributed by atoms with Gasteiger partial charge in [-0.2, -0.15) is 4.98 Å². The number of aromatic nitrogens is 2. The normalized spacial score (nSPS) is 13.9. The maximum Gasteiger partial charge on any atom is 0.214 e. The van der Waals surface area contributed by atoms with Crippen LogP contribution in [0, 0.1) is 12.8 Å². The second kappa shape index (κ2) is 12.0. The van der Waals surface area contributed by atoms with Crippen molar-refractivity contribution in [2.24, 2.45) is 5.92 Å². The summed E-state index contributed by atoms with van der Waals surface area (Å²) in [6.07, 6.45) is 8.03. The highest BCUT2D eigenvalue weighted by Crippen LogP contribution is 2.26. The molecule has 1 fully saturated rings. The number of hydrogen-bond donors (Lipinski definition) is 0. The van der Waals surface area contributed by atoms with Crippen LogP contribution in [0.3, 0.4) is 0 Å². The first-order chi connectivity index (χ1) is 17.1.